The van der Waals surface area contributed by atoms with Crippen molar-refractivity contribution < 1.29 is 4.79 Å². The van der Waals surface area contributed by atoms with E-state index in [2.05, 4.69) is 53.8 Å². The summed E-state index contributed by atoms with van der Waals surface area (Å²) in [6.45, 7) is 10.1. The van der Waals surface area contributed by atoms with Crippen molar-refractivity contribution in [3.05, 3.63) is 30.1 Å². The first-order valence-electron chi connectivity index (χ1n) is 9.56. The van der Waals surface area contributed by atoms with E-state index in [1.807, 2.05) is 6.07 Å². The molecule has 1 aromatic carbocycles. The molecule has 0 saturated carbocycles. The summed E-state index contributed by atoms with van der Waals surface area (Å²) >= 11 is 0. The maximum atomic E-state index is 12.1. The minimum Gasteiger partial charge on any atom is -0.356 e. The fourth-order valence-electron chi connectivity index (χ4n) is 3.73. The number of piperidine rings is 1. The number of imidazole rings is 1. The standard InChI is InChI=1S/C20H30N4O/c1-4-11-21-20(25)16-9-12-23(13-10-16)14-19-22-17-7-5-6-8-18(17)24(19)15(2)3/h5-8,15-16H,4,9-14H2,1-3H3,(H,21,25). The number of hydrogen-bond donors (Lipinski definition) is 1. The lowest BCUT2D eigenvalue weighted by Gasteiger charge is -2.31. The quantitative estimate of drug-likeness (QED) is 0.876. The van der Waals surface area contributed by atoms with Gasteiger partial charge in [0.05, 0.1) is 17.6 Å². The lowest BCUT2D eigenvalue weighted by molar-refractivity contribution is -0.126. The summed E-state index contributed by atoms with van der Waals surface area (Å²) in [6, 6.07) is 8.75. The smallest absolute Gasteiger partial charge is 0.223 e. The van der Waals surface area contributed by atoms with E-state index in [0.717, 1.165) is 56.8 Å². The number of aromatic nitrogens is 2. The average Bonchev–Trinajstić information content (AvgIpc) is 2.98. The average molecular weight is 342 g/mol. The van der Waals surface area contributed by atoms with Gasteiger partial charge in [0.25, 0.3) is 0 Å². The fourth-order valence-corrected chi connectivity index (χ4v) is 3.73. The Bertz CT molecular complexity index is 714. The Morgan fingerprint density at radius 1 is 1.28 bits per heavy atom. The maximum Gasteiger partial charge on any atom is 0.223 e. The number of nitrogens with zero attached hydrogens (tertiary/aromatic N) is 3. The van der Waals surface area contributed by atoms with Gasteiger partial charge in [-0.15, -0.1) is 0 Å². The molecular weight excluding hydrogens is 312 g/mol. The Balaban J connectivity index is 1.65. The predicted molar refractivity (Wildman–Crippen MR) is 101 cm³/mol. The Morgan fingerprint density at radius 3 is 2.68 bits per heavy atom. The number of rotatable bonds is 6. The van der Waals surface area contributed by atoms with Crippen molar-refractivity contribution in [3.63, 3.8) is 0 Å². The van der Waals surface area contributed by atoms with Crippen LogP contribution in [0.25, 0.3) is 11.0 Å². The first kappa shape index (κ1) is 17.9. The third-order valence-corrected chi connectivity index (χ3v) is 5.06. The summed E-state index contributed by atoms with van der Waals surface area (Å²) in [5.74, 6) is 1.53. The molecule has 1 aliphatic heterocycles. The molecule has 0 spiro atoms. The molecule has 5 nitrogen and oxygen atoms in total. The van der Waals surface area contributed by atoms with Gasteiger partial charge in [0.1, 0.15) is 5.82 Å². The summed E-state index contributed by atoms with van der Waals surface area (Å²) in [5.41, 5.74) is 2.28. The summed E-state index contributed by atoms with van der Waals surface area (Å²) in [6.07, 6.45) is 2.88. The number of hydrogen-bond acceptors (Lipinski definition) is 3. The molecule has 25 heavy (non-hydrogen) atoms. The van der Waals surface area contributed by atoms with Crippen molar-refractivity contribution in [2.45, 2.75) is 52.6 Å². The topological polar surface area (TPSA) is 50.2 Å². The van der Waals surface area contributed by atoms with E-state index < -0.39 is 0 Å². The first-order chi connectivity index (χ1) is 12.1. The van der Waals surface area contributed by atoms with Crippen LogP contribution in [0.4, 0.5) is 0 Å². The molecule has 1 amide bonds. The highest BCUT2D eigenvalue weighted by Crippen LogP contribution is 2.24. The summed E-state index contributed by atoms with van der Waals surface area (Å²) < 4.78 is 2.34. The van der Waals surface area contributed by atoms with Crippen molar-refractivity contribution >= 4 is 16.9 Å². The number of carbonyl (C=O) groups excluding carboxylic acids is 1. The van der Waals surface area contributed by atoms with Crippen molar-refractivity contribution in [2.24, 2.45) is 5.92 Å². The summed E-state index contributed by atoms with van der Waals surface area (Å²) in [7, 11) is 0. The van der Waals surface area contributed by atoms with Crippen LogP contribution in [0.15, 0.2) is 24.3 Å². The zero-order chi connectivity index (χ0) is 17.8. The van der Waals surface area contributed by atoms with Gasteiger partial charge in [0.2, 0.25) is 5.91 Å². The normalized spacial score (nSPS) is 16.6. The first-order valence-corrected chi connectivity index (χ1v) is 9.56. The Morgan fingerprint density at radius 2 is 2.00 bits per heavy atom. The minimum absolute atomic E-state index is 0.173. The molecule has 1 N–H and O–H groups in total. The molecule has 0 bridgehead atoms. The van der Waals surface area contributed by atoms with Gasteiger partial charge in [-0.25, -0.2) is 4.98 Å². The molecule has 136 valence electrons. The highest BCUT2D eigenvalue weighted by Gasteiger charge is 2.26. The van der Waals surface area contributed by atoms with Gasteiger partial charge in [-0.2, -0.15) is 0 Å². The van der Waals surface area contributed by atoms with Crippen LogP contribution >= 0.6 is 0 Å². The lowest BCUT2D eigenvalue weighted by atomic mass is 9.96. The van der Waals surface area contributed by atoms with E-state index in [4.69, 9.17) is 4.98 Å². The monoisotopic (exact) mass is 342 g/mol. The van der Waals surface area contributed by atoms with Gasteiger partial charge in [-0.3, -0.25) is 9.69 Å². The molecule has 2 aromatic rings. The molecule has 0 atom stereocenters. The molecule has 2 heterocycles. The van der Waals surface area contributed by atoms with Crippen LogP contribution in [0.5, 0.6) is 0 Å². The molecule has 0 aliphatic carbocycles. The van der Waals surface area contributed by atoms with Gasteiger partial charge < -0.3 is 9.88 Å². The molecule has 1 fully saturated rings. The van der Waals surface area contributed by atoms with Gasteiger partial charge in [-0.05, 0) is 58.3 Å². The second kappa shape index (κ2) is 8.00. The van der Waals surface area contributed by atoms with Crippen LogP contribution in [0.2, 0.25) is 0 Å². The van der Waals surface area contributed by atoms with Gasteiger partial charge in [0.15, 0.2) is 0 Å². The third-order valence-electron chi connectivity index (χ3n) is 5.06. The Kier molecular flexibility index (Phi) is 5.74. The van der Waals surface area contributed by atoms with E-state index in [1.54, 1.807) is 0 Å². The molecule has 1 saturated heterocycles. The Labute approximate surface area is 150 Å². The highest BCUT2D eigenvalue weighted by atomic mass is 16.1. The van der Waals surface area contributed by atoms with Crippen molar-refractivity contribution in [1.29, 1.82) is 0 Å². The van der Waals surface area contributed by atoms with Crippen LogP contribution in [0.3, 0.4) is 0 Å². The lowest BCUT2D eigenvalue weighted by Crippen LogP contribution is -2.40. The van der Waals surface area contributed by atoms with Crippen LogP contribution < -0.4 is 5.32 Å². The Hall–Kier alpha value is -1.88. The minimum atomic E-state index is 0.173. The summed E-state index contributed by atoms with van der Waals surface area (Å²) in [4.78, 5) is 19.4. The largest absolute Gasteiger partial charge is 0.356 e. The second-order valence-electron chi connectivity index (χ2n) is 7.32. The van der Waals surface area contributed by atoms with Crippen LogP contribution in [0, 0.1) is 5.92 Å². The zero-order valence-electron chi connectivity index (χ0n) is 15.7. The number of likely N-dealkylation sites (tertiary alicyclic amines) is 1. The fraction of sp³-hybridized carbons (Fsp3) is 0.600. The van der Waals surface area contributed by atoms with E-state index in [-0.39, 0.29) is 11.8 Å². The molecule has 3 rings (SSSR count). The van der Waals surface area contributed by atoms with E-state index in [0.29, 0.717) is 6.04 Å². The van der Waals surface area contributed by atoms with E-state index in [9.17, 15) is 4.79 Å². The molecule has 0 radical (unpaired) electrons. The van der Waals surface area contributed by atoms with Crippen LogP contribution in [-0.4, -0.2) is 40.0 Å². The van der Waals surface area contributed by atoms with Gasteiger partial charge >= 0.3 is 0 Å². The SMILES string of the molecule is CCCNC(=O)C1CCN(Cc2nc3ccccc3n2C(C)C)CC1. The number of benzene rings is 1. The molecule has 0 unspecified atom stereocenters. The van der Waals surface area contributed by atoms with Crippen molar-refractivity contribution in [3.8, 4) is 0 Å². The number of para-hydroxylation sites is 2. The number of amides is 1. The second-order valence-corrected chi connectivity index (χ2v) is 7.32. The highest BCUT2D eigenvalue weighted by molar-refractivity contribution is 5.78. The predicted octanol–water partition coefficient (Wildman–Crippen LogP) is 3.36. The third kappa shape index (κ3) is 4.03. The van der Waals surface area contributed by atoms with Crippen LogP contribution in [-0.2, 0) is 11.3 Å². The van der Waals surface area contributed by atoms with Gasteiger partial charge in [0, 0.05) is 18.5 Å². The van der Waals surface area contributed by atoms with Gasteiger partial charge in [-0.1, -0.05) is 19.1 Å². The van der Waals surface area contributed by atoms with E-state index in [1.165, 1.54) is 5.52 Å². The van der Waals surface area contributed by atoms with Crippen molar-refractivity contribution in [2.75, 3.05) is 19.6 Å². The van der Waals surface area contributed by atoms with Crippen LogP contribution in [0.1, 0.15) is 51.9 Å². The van der Waals surface area contributed by atoms with E-state index >= 15 is 0 Å². The number of fused-ring (bicyclic) bond motifs is 1. The van der Waals surface area contributed by atoms with Crippen molar-refractivity contribution in [1.82, 2.24) is 19.8 Å². The maximum absolute atomic E-state index is 12.1. The summed E-state index contributed by atoms with van der Waals surface area (Å²) in [5, 5.41) is 3.03. The molecule has 5 heteroatoms. The zero-order valence-corrected chi connectivity index (χ0v) is 15.7. The number of carbonyl (C=O) groups is 1. The molecule has 1 aromatic heterocycles. The molecule has 1 aliphatic rings. The number of nitrogens with one attached hydrogen (secondary N) is 1. The molecular formula is C20H30N4O.